The van der Waals surface area contributed by atoms with Gasteiger partial charge in [0.15, 0.2) is 0 Å². The summed E-state index contributed by atoms with van der Waals surface area (Å²) in [6.07, 6.45) is 4.58. The largest absolute Gasteiger partial charge is 0.351 e. The number of hydrogen-bond donors (Lipinski definition) is 2. The summed E-state index contributed by atoms with van der Waals surface area (Å²) in [5.74, 6) is 1.42. The number of carbonyl (C=O) groups is 1. The van der Waals surface area contributed by atoms with E-state index in [1.54, 1.807) is 11.8 Å². The van der Waals surface area contributed by atoms with Crippen LogP contribution < -0.4 is 10.6 Å². The molecule has 0 radical (unpaired) electrons. The van der Waals surface area contributed by atoms with Crippen LogP contribution in [-0.4, -0.2) is 36.0 Å². The summed E-state index contributed by atoms with van der Waals surface area (Å²) in [6, 6.07) is 0.373. The van der Waals surface area contributed by atoms with Gasteiger partial charge in [-0.3, -0.25) is 4.79 Å². The maximum Gasteiger partial charge on any atom is 0.233 e. The average molecular weight is 214 g/mol. The molecule has 0 aliphatic carbocycles. The van der Waals surface area contributed by atoms with E-state index in [2.05, 4.69) is 10.6 Å². The highest BCUT2D eigenvalue weighted by atomic mass is 32.2. The van der Waals surface area contributed by atoms with Gasteiger partial charge in [-0.15, -0.1) is 11.8 Å². The summed E-state index contributed by atoms with van der Waals surface area (Å²) in [7, 11) is 0. The van der Waals surface area contributed by atoms with Crippen molar-refractivity contribution < 1.29 is 4.79 Å². The van der Waals surface area contributed by atoms with Gasteiger partial charge in [-0.2, -0.15) is 0 Å². The quantitative estimate of drug-likeness (QED) is 0.713. The minimum absolute atomic E-state index is 0.233. The van der Waals surface area contributed by atoms with E-state index < -0.39 is 0 Å². The molecule has 2 aliphatic rings. The van der Waals surface area contributed by atoms with Crippen LogP contribution in [0.2, 0.25) is 0 Å². The van der Waals surface area contributed by atoms with Crippen LogP contribution in [0.25, 0.3) is 0 Å². The first-order chi connectivity index (χ1) is 6.86. The van der Waals surface area contributed by atoms with Crippen LogP contribution in [-0.2, 0) is 4.79 Å². The molecule has 2 atom stereocenters. The van der Waals surface area contributed by atoms with Gasteiger partial charge >= 0.3 is 0 Å². The molecule has 2 aliphatic heterocycles. The van der Waals surface area contributed by atoms with E-state index in [-0.39, 0.29) is 11.2 Å². The molecule has 2 rings (SSSR count). The van der Waals surface area contributed by atoms with E-state index >= 15 is 0 Å². The molecule has 2 fully saturated rings. The molecule has 2 N–H and O–H groups in total. The zero-order valence-electron chi connectivity index (χ0n) is 8.42. The Labute approximate surface area is 89.4 Å². The zero-order chi connectivity index (χ0) is 9.80. The Morgan fingerprint density at radius 3 is 2.93 bits per heavy atom. The number of hydrogen-bond acceptors (Lipinski definition) is 3. The highest BCUT2D eigenvalue weighted by Crippen LogP contribution is 2.26. The third-order valence-corrected chi connectivity index (χ3v) is 4.24. The second-order valence-corrected chi connectivity index (χ2v) is 5.36. The minimum Gasteiger partial charge on any atom is -0.351 e. The molecule has 0 spiro atoms. The third kappa shape index (κ3) is 2.64. The fourth-order valence-corrected chi connectivity index (χ4v) is 3.22. The number of piperidine rings is 1. The topological polar surface area (TPSA) is 41.1 Å². The third-order valence-electron chi connectivity index (χ3n) is 2.87. The van der Waals surface area contributed by atoms with Crippen LogP contribution >= 0.6 is 11.8 Å². The molecule has 0 bridgehead atoms. The van der Waals surface area contributed by atoms with Crippen LogP contribution in [0.3, 0.4) is 0 Å². The van der Waals surface area contributed by atoms with Crippen molar-refractivity contribution in [3.8, 4) is 0 Å². The van der Waals surface area contributed by atoms with E-state index in [4.69, 9.17) is 0 Å². The van der Waals surface area contributed by atoms with Gasteiger partial charge in [-0.05, 0) is 38.0 Å². The van der Waals surface area contributed by atoms with Crippen LogP contribution in [0.4, 0.5) is 0 Å². The lowest BCUT2D eigenvalue weighted by molar-refractivity contribution is -0.121. The molecule has 0 aromatic rings. The summed E-state index contributed by atoms with van der Waals surface area (Å²) >= 11 is 1.81. The van der Waals surface area contributed by atoms with Crippen LogP contribution in [0.5, 0.6) is 0 Å². The van der Waals surface area contributed by atoms with Crippen molar-refractivity contribution in [3.63, 3.8) is 0 Å². The summed E-state index contributed by atoms with van der Waals surface area (Å²) in [4.78, 5) is 11.8. The molecule has 0 aromatic heterocycles. The summed E-state index contributed by atoms with van der Waals surface area (Å²) < 4.78 is 0. The van der Waals surface area contributed by atoms with Crippen molar-refractivity contribution in [1.82, 2.24) is 10.6 Å². The van der Waals surface area contributed by atoms with Crippen molar-refractivity contribution in [2.75, 3.05) is 18.8 Å². The van der Waals surface area contributed by atoms with E-state index in [1.165, 1.54) is 12.8 Å². The second kappa shape index (κ2) is 5.03. The predicted octanol–water partition coefficient (Wildman–Crippen LogP) is 0.750. The number of thioether (sulfide) groups is 1. The van der Waals surface area contributed by atoms with Gasteiger partial charge < -0.3 is 10.6 Å². The van der Waals surface area contributed by atoms with Crippen LogP contribution in [0.1, 0.15) is 25.7 Å². The molecule has 14 heavy (non-hydrogen) atoms. The van der Waals surface area contributed by atoms with Crippen molar-refractivity contribution in [3.05, 3.63) is 0 Å². The normalized spacial score (nSPS) is 32.9. The molecule has 0 aromatic carbocycles. The first-order valence-electron chi connectivity index (χ1n) is 5.49. The molecule has 2 heterocycles. The molecular weight excluding hydrogens is 196 g/mol. The Balaban J connectivity index is 1.75. The zero-order valence-corrected chi connectivity index (χ0v) is 9.24. The highest BCUT2D eigenvalue weighted by molar-refractivity contribution is 8.00. The van der Waals surface area contributed by atoms with Gasteiger partial charge in [-0.1, -0.05) is 0 Å². The molecule has 0 saturated carbocycles. The SMILES string of the molecule is O=C(N[C@H]1CCCNC1)C1CCCS1. The van der Waals surface area contributed by atoms with Crippen molar-refractivity contribution in [1.29, 1.82) is 0 Å². The lowest BCUT2D eigenvalue weighted by Crippen LogP contribution is -2.47. The maximum atomic E-state index is 11.8. The number of rotatable bonds is 2. The van der Waals surface area contributed by atoms with Crippen molar-refractivity contribution in [2.24, 2.45) is 0 Å². The molecule has 4 heteroatoms. The highest BCUT2D eigenvalue weighted by Gasteiger charge is 2.25. The first-order valence-corrected chi connectivity index (χ1v) is 6.54. The van der Waals surface area contributed by atoms with Gasteiger partial charge in [0.05, 0.1) is 5.25 Å². The number of amides is 1. The maximum absolute atomic E-state index is 11.8. The van der Waals surface area contributed by atoms with E-state index in [9.17, 15) is 4.79 Å². The average Bonchev–Trinajstić information content (AvgIpc) is 2.72. The van der Waals surface area contributed by atoms with Gasteiger partial charge in [0.1, 0.15) is 0 Å². The fourth-order valence-electron chi connectivity index (χ4n) is 2.05. The predicted molar refractivity (Wildman–Crippen MR) is 59.5 cm³/mol. The number of carbonyl (C=O) groups excluding carboxylic acids is 1. The first kappa shape index (κ1) is 10.3. The summed E-state index contributed by atoms with van der Waals surface area (Å²) in [5.41, 5.74) is 0. The van der Waals surface area contributed by atoms with Gasteiger partial charge in [0, 0.05) is 12.6 Å². The molecule has 1 amide bonds. The standard InChI is InChI=1S/C10H18N2OS/c13-10(9-4-2-6-14-9)12-8-3-1-5-11-7-8/h8-9,11H,1-7H2,(H,12,13)/t8-,9?/m0/s1. The fraction of sp³-hybridized carbons (Fsp3) is 0.900. The van der Waals surface area contributed by atoms with Crippen LogP contribution in [0, 0.1) is 0 Å². The second-order valence-electron chi connectivity index (χ2n) is 4.05. The van der Waals surface area contributed by atoms with Gasteiger partial charge in [0.2, 0.25) is 5.91 Å². The Hall–Kier alpha value is -0.220. The minimum atomic E-state index is 0.233. The van der Waals surface area contributed by atoms with E-state index in [0.29, 0.717) is 6.04 Å². The Morgan fingerprint density at radius 2 is 2.29 bits per heavy atom. The van der Waals surface area contributed by atoms with E-state index in [1.807, 2.05) is 0 Å². The monoisotopic (exact) mass is 214 g/mol. The summed E-state index contributed by atoms with van der Waals surface area (Å²) in [6.45, 7) is 2.05. The molecule has 3 nitrogen and oxygen atoms in total. The van der Waals surface area contributed by atoms with Crippen molar-refractivity contribution >= 4 is 17.7 Å². The van der Waals surface area contributed by atoms with Crippen LogP contribution in [0.15, 0.2) is 0 Å². The Bertz CT molecular complexity index is 198. The molecule has 2 saturated heterocycles. The van der Waals surface area contributed by atoms with Gasteiger partial charge in [-0.25, -0.2) is 0 Å². The van der Waals surface area contributed by atoms with Crippen molar-refractivity contribution in [2.45, 2.75) is 37.0 Å². The van der Waals surface area contributed by atoms with E-state index in [0.717, 1.165) is 31.7 Å². The molecule has 80 valence electrons. The lowest BCUT2D eigenvalue weighted by Gasteiger charge is -2.24. The summed E-state index contributed by atoms with van der Waals surface area (Å²) in [5, 5.41) is 6.68. The smallest absolute Gasteiger partial charge is 0.233 e. The van der Waals surface area contributed by atoms with Gasteiger partial charge in [0.25, 0.3) is 0 Å². The lowest BCUT2D eigenvalue weighted by atomic mass is 10.1. The molecular formula is C10H18N2OS. The Morgan fingerprint density at radius 1 is 1.36 bits per heavy atom. The Kier molecular flexibility index (Phi) is 3.70. The molecule has 1 unspecified atom stereocenters. The number of nitrogens with one attached hydrogen (secondary N) is 2.